The van der Waals surface area contributed by atoms with E-state index in [9.17, 15) is 0 Å². The molecule has 25 heavy (non-hydrogen) atoms. The quantitative estimate of drug-likeness (QED) is 0.255. The van der Waals surface area contributed by atoms with Gasteiger partial charge in [-0.25, -0.2) is 0 Å². The maximum atomic E-state index is 4.24. The smallest absolute Gasteiger partial charge is 0.191 e. The highest BCUT2D eigenvalue weighted by atomic mass is 127. The van der Waals surface area contributed by atoms with Crippen molar-refractivity contribution in [1.29, 1.82) is 0 Å². The number of rotatable bonds is 6. The van der Waals surface area contributed by atoms with Gasteiger partial charge in [0.2, 0.25) is 0 Å². The second-order valence-corrected chi connectivity index (χ2v) is 5.52. The monoisotopic (exact) mass is 454 g/mol. The predicted octanol–water partition coefficient (Wildman–Crippen LogP) is 1.38. The number of hydrogen-bond donors (Lipinski definition) is 2. The Morgan fingerprint density at radius 3 is 2.88 bits per heavy atom. The summed E-state index contributed by atoms with van der Waals surface area (Å²) in [6.45, 7) is 1.41. The number of aromatic nitrogens is 5. The van der Waals surface area contributed by atoms with Gasteiger partial charge in [0.15, 0.2) is 17.4 Å². The number of pyridine rings is 1. The first-order valence-electron chi connectivity index (χ1n) is 7.97. The van der Waals surface area contributed by atoms with Crippen LogP contribution in [0.2, 0.25) is 0 Å². The summed E-state index contributed by atoms with van der Waals surface area (Å²) in [5.74, 6) is 1.61. The van der Waals surface area contributed by atoms with E-state index in [2.05, 4.69) is 30.9 Å². The van der Waals surface area contributed by atoms with Crippen molar-refractivity contribution >= 4 is 35.6 Å². The van der Waals surface area contributed by atoms with Crippen molar-refractivity contribution in [2.45, 2.75) is 19.4 Å². The van der Waals surface area contributed by atoms with Gasteiger partial charge in [0, 0.05) is 33.0 Å². The van der Waals surface area contributed by atoms with Crippen LogP contribution in [-0.4, -0.2) is 43.9 Å². The molecule has 3 aromatic rings. The van der Waals surface area contributed by atoms with Crippen molar-refractivity contribution in [1.82, 2.24) is 35.0 Å². The summed E-state index contributed by atoms with van der Waals surface area (Å²) in [5, 5.41) is 19.1. The lowest BCUT2D eigenvalue weighted by atomic mass is 10.2. The van der Waals surface area contributed by atoms with Crippen LogP contribution in [-0.2, 0) is 20.0 Å². The molecule has 8 nitrogen and oxygen atoms in total. The van der Waals surface area contributed by atoms with Crippen LogP contribution in [0.3, 0.4) is 0 Å². The molecule has 3 rings (SSSR count). The molecule has 0 saturated heterocycles. The summed E-state index contributed by atoms with van der Waals surface area (Å²) < 4.78 is 3.79. The fraction of sp³-hybridized carbons (Fsp3) is 0.375. The van der Waals surface area contributed by atoms with Crippen molar-refractivity contribution in [3.05, 3.63) is 48.2 Å². The third-order valence-electron chi connectivity index (χ3n) is 3.71. The molecular weight excluding hydrogens is 431 g/mol. The average molecular weight is 454 g/mol. The zero-order valence-electron chi connectivity index (χ0n) is 14.4. The number of nitrogens with zero attached hydrogens (tertiary/aromatic N) is 6. The lowest BCUT2D eigenvalue weighted by Crippen LogP contribution is -2.37. The summed E-state index contributed by atoms with van der Waals surface area (Å²) in [5.41, 5.74) is 2.09. The third kappa shape index (κ3) is 5.15. The fourth-order valence-corrected chi connectivity index (χ4v) is 2.50. The summed E-state index contributed by atoms with van der Waals surface area (Å²) in [6, 6.07) is 5.84. The Kier molecular flexibility index (Phi) is 7.16. The number of nitrogens with one attached hydrogen (secondary N) is 2. The second-order valence-electron chi connectivity index (χ2n) is 5.52. The zero-order chi connectivity index (χ0) is 16.8. The van der Waals surface area contributed by atoms with E-state index in [1.807, 2.05) is 52.9 Å². The molecule has 134 valence electrons. The van der Waals surface area contributed by atoms with Crippen LogP contribution < -0.4 is 10.6 Å². The maximum absolute atomic E-state index is 4.24. The Balaban J connectivity index is 0.00000225. The van der Waals surface area contributed by atoms with Crippen molar-refractivity contribution in [2.75, 3.05) is 13.6 Å². The van der Waals surface area contributed by atoms with E-state index in [4.69, 9.17) is 0 Å². The minimum Gasteiger partial charge on any atom is -0.356 e. The van der Waals surface area contributed by atoms with Crippen molar-refractivity contribution in [3.8, 4) is 0 Å². The van der Waals surface area contributed by atoms with E-state index in [1.54, 1.807) is 7.05 Å². The molecule has 0 spiro atoms. The summed E-state index contributed by atoms with van der Waals surface area (Å²) in [4.78, 5) is 4.24. The van der Waals surface area contributed by atoms with Gasteiger partial charge in [-0.2, -0.15) is 5.10 Å². The SMILES string of the molecule is CN=C(NCCCc1cnn(C)c1)NCc1nnc2ccccn12.I. The third-order valence-corrected chi connectivity index (χ3v) is 3.71. The normalized spacial score (nSPS) is 11.4. The van der Waals surface area contributed by atoms with Crippen LogP contribution in [0, 0.1) is 0 Å². The molecule has 0 saturated carbocycles. The van der Waals surface area contributed by atoms with Gasteiger partial charge in [0.1, 0.15) is 0 Å². The summed E-state index contributed by atoms with van der Waals surface area (Å²) in [7, 11) is 3.69. The molecule has 0 aromatic carbocycles. The highest BCUT2D eigenvalue weighted by molar-refractivity contribution is 14.0. The van der Waals surface area contributed by atoms with Crippen LogP contribution in [0.5, 0.6) is 0 Å². The molecule has 0 unspecified atom stereocenters. The number of hydrogen-bond acceptors (Lipinski definition) is 4. The minimum atomic E-state index is 0. The molecule has 0 fully saturated rings. The average Bonchev–Trinajstić information content (AvgIpc) is 3.20. The highest BCUT2D eigenvalue weighted by Crippen LogP contribution is 2.02. The van der Waals surface area contributed by atoms with E-state index >= 15 is 0 Å². The van der Waals surface area contributed by atoms with E-state index in [0.29, 0.717) is 6.54 Å². The van der Waals surface area contributed by atoms with Gasteiger partial charge in [-0.15, -0.1) is 34.2 Å². The van der Waals surface area contributed by atoms with E-state index in [-0.39, 0.29) is 24.0 Å². The maximum Gasteiger partial charge on any atom is 0.191 e. The van der Waals surface area contributed by atoms with Crippen LogP contribution in [0.4, 0.5) is 0 Å². The van der Waals surface area contributed by atoms with Gasteiger partial charge in [-0.1, -0.05) is 6.07 Å². The molecule has 0 bridgehead atoms. The van der Waals surface area contributed by atoms with E-state index in [0.717, 1.165) is 36.8 Å². The lowest BCUT2D eigenvalue weighted by molar-refractivity contribution is 0.725. The van der Waals surface area contributed by atoms with Gasteiger partial charge < -0.3 is 10.6 Å². The van der Waals surface area contributed by atoms with Crippen LogP contribution in [0.25, 0.3) is 5.65 Å². The number of aliphatic imine (C=N–C) groups is 1. The number of halogens is 1. The first-order chi connectivity index (χ1) is 11.8. The second kappa shape index (κ2) is 9.35. The number of aryl methyl sites for hydroxylation is 2. The predicted molar refractivity (Wildman–Crippen MR) is 108 cm³/mol. The lowest BCUT2D eigenvalue weighted by Gasteiger charge is -2.10. The zero-order valence-corrected chi connectivity index (χ0v) is 16.7. The Morgan fingerprint density at radius 1 is 1.24 bits per heavy atom. The van der Waals surface area contributed by atoms with Crippen molar-refractivity contribution in [2.24, 2.45) is 12.0 Å². The molecule has 0 radical (unpaired) electrons. The van der Waals surface area contributed by atoms with Crippen LogP contribution in [0.1, 0.15) is 17.8 Å². The van der Waals surface area contributed by atoms with Crippen molar-refractivity contribution < 1.29 is 0 Å². The van der Waals surface area contributed by atoms with Crippen LogP contribution >= 0.6 is 24.0 Å². The molecule has 0 aliphatic carbocycles. The minimum absolute atomic E-state index is 0. The Labute approximate surface area is 163 Å². The standard InChI is InChI=1S/C16H22N8.HI/c1-17-16(18-8-5-6-13-10-20-23(2)12-13)19-11-15-22-21-14-7-3-4-9-24(14)15;/h3-4,7,9-10,12H,5-6,8,11H2,1-2H3,(H2,17,18,19);1H. The number of fused-ring (bicyclic) bond motifs is 1. The van der Waals surface area contributed by atoms with Gasteiger partial charge in [-0.3, -0.25) is 14.1 Å². The molecule has 2 N–H and O–H groups in total. The Hall–Kier alpha value is -2.17. The van der Waals surface area contributed by atoms with E-state index in [1.165, 1.54) is 5.56 Å². The molecule has 0 aliphatic rings. The number of guanidine groups is 1. The first kappa shape index (κ1) is 19.2. The molecule has 3 aromatic heterocycles. The topological polar surface area (TPSA) is 84.4 Å². The molecular formula is C16H23IN8. The Morgan fingerprint density at radius 2 is 2.12 bits per heavy atom. The molecule has 0 amide bonds. The van der Waals surface area contributed by atoms with Gasteiger partial charge in [-0.05, 0) is 30.5 Å². The fourth-order valence-electron chi connectivity index (χ4n) is 2.50. The Bertz CT molecular complexity index is 822. The largest absolute Gasteiger partial charge is 0.356 e. The van der Waals surface area contributed by atoms with Gasteiger partial charge >= 0.3 is 0 Å². The van der Waals surface area contributed by atoms with Crippen molar-refractivity contribution in [3.63, 3.8) is 0 Å². The highest BCUT2D eigenvalue weighted by Gasteiger charge is 2.05. The van der Waals surface area contributed by atoms with Gasteiger partial charge in [0.05, 0.1) is 12.7 Å². The molecule has 0 aliphatic heterocycles. The van der Waals surface area contributed by atoms with Gasteiger partial charge in [0.25, 0.3) is 0 Å². The molecule has 0 atom stereocenters. The molecule has 3 heterocycles. The van der Waals surface area contributed by atoms with E-state index < -0.39 is 0 Å². The summed E-state index contributed by atoms with van der Waals surface area (Å²) >= 11 is 0. The summed E-state index contributed by atoms with van der Waals surface area (Å²) in [6.07, 6.45) is 7.91. The molecule has 9 heteroatoms. The first-order valence-corrected chi connectivity index (χ1v) is 7.97. The van der Waals surface area contributed by atoms with Crippen LogP contribution in [0.15, 0.2) is 41.8 Å².